The van der Waals surface area contributed by atoms with Crippen LogP contribution in [0.4, 0.5) is 0 Å². The number of aromatic nitrogens is 1. The first-order valence-electron chi connectivity index (χ1n) is 12.2. The summed E-state index contributed by atoms with van der Waals surface area (Å²) >= 11 is 0. The van der Waals surface area contributed by atoms with Crippen LogP contribution in [0.3, 0.4) is 0 Å². The molecule has 208 valence electrons. The molecule has 13 nitrogen and oxygen atoms in total. The lowest BCUT2D eigenvalue weighted by molar-refractivity contribution is -0.144. The van der Waals surface area contributed by atoms with E-state index in [9.17, 15) is 29.1 Å². The summed E-state index contributed by atoms with van der Waals surface area (Å²) in [6.07, 6.45) is 1.32. The largest absolute Gasteiger partial charge is 0.481 e. The molecule has 0 aliphatic carbocycles. The van der Waals surface area contributed by atoms with E-state index in [4.69, 9.17) is 15.9 Å². The van der Waals surface area contributed by atoms with E-state index in [0.29, 0.717) is 0 Å². The molecule has 4 unspecified atom stereocenters. The van der Waals surface area contributed by atoms with Gasteiger partial charge in [0.25, 0.3) is 0 Å². The van der Waals surface area contributed by atoms with Crippen LogP contribution in [0.25, 0.3) is 10.9 Å². The Hall–Kier alpha value is -3.97. The number of aliphatic hydroxyl groups is 1. The quantitative estimate of drug-likeness (QED) is 0.147. The zero-order chi connectivity index (χ0) is 28.4. The van der Waals surface area contributed by atoms with Gasteiger partial charge >= 0.3 is 11.9 Å². The minimum atomic E-state index is -1.64. The Balaban J connectivity index is 2.13. The number of fused-ring (bicyclic) bond motifs is 1. The van der Waals surface area contributed by atoms with Crippen molar-refractivity contribution in [2.45, 2.75) is 63.7 Å². The minimum Gasteiger partial charge on any atom is -0.481 e. The number of carboxylic acid groups (broad SMARTS) is 2. The molecule has 1 heterocycles. The first-order chi connectivity index (χ1) is 17.9. The highest BCUT2D eigenvalue weighted by Gasteiger charge is 2.31. The number of amides is 3. The maximum absolute atomic E-state index is 13.1. The van der Waals surface area contributed by atoms with Crippen LogP contribution in [-0.2, 0) is 30.4 Å². The van der Waals surface area contributed by atoms with Crippen LogP contribution in [0, 0.1) is 5.92 Å². The summed E-state index contributed by atoms with van der Waals surface area (Å²) in [6.45, 7) is 2.75. The Morgan fingerprint density at radius 3 is 2.13 bits per heavy atom. The average Bonchev–Trinajstić information content (AvgIpc) is 3.26. The van der Waals surface area contributed by atoms with Gasteiger partial charge in [-0.3, -0.25) is 19.2 Å². The molecule has 9 N–H and O–H groups in total. The van der Waals surface area contributed by atoms with Crippen LogP contribution in [-0.4, -0.2) is 80.7 Å². The van der Waals surface area contributed by atoms with Crippen molar-refractivity contribution in [2.75, 3.05) is 6.61 Å². The van der Waals surface area contributed by atoms with Gasteiger partial charge in [0.2, 0.25) is 17.7 Å². The fourth-order valence-electron chi connectivity index (χ4n) is 3.88. The Labute approximate surface area is 219 Å². The van der Waals surface area contributed by atoms with Crippen LogP contribution >= 0.6 is 0 Å². The molecule has 0 fully saturated rings. The second-order valence-electron chi connectivity index (χ2n) is 9.44. The number of nitrogens with two attached hydrogens (primary N) is 1. The fourth-order valence-corrected chi connectivity index (χ4v) is 3.88. The monoisotopic (exact) mass is 533 g/mol. The molecule has 0 aliphatic heterocycles. The van der Waals surface area contributed by atoms with Gasteiger partial charge in [-0.15, -0.1) is 0 Å². The van der Waals surface area contributed by atoms with Gasteiger partial charge in [-0.1, -0.05) is 32.0 Å². The Bertz CT molecular complexity index is 1150. The number of carbonyl (C=O) groups excluding carboxylic acids is 3. The van der Waals surface area contributed by atoms with E-state index in [-0.39, 0.29) is 25.2 Å². The second-order valence-corrected chi connectivity index (χ2v) is 9.44. The van der Waals surface area contributed by atoms with Crippen molar-refractivity contribution in [1.29, 1.82) is 0 Å². The number of carbonyl (C=O) groups is 5. The van der Waals surface area contributed by atoms with Crippen molar-refractivity contribution in [3.8, 4) is 0 Å². The normalized spacial score (nSPS) is 14.3. The lowest BCUT2D eigenvalue weighted by Gasteiger charge is -2.25. The van der Waals surface area contributed by atoms with Crippen molar-refractivity contribution < 1.29 is 39.3 Å². The van der Waals surface area contributed by atoms with Crippen molar-refractivity contribution in [2.24, 2.45) is 11.7 Å². The molecule has 0 saturated heterocycles. The van der Waals surface area contributed by atoms with E-state index in [1.165, 1.54) is 0 Å². The Morgan fingerprint density at radius 2 is 1.53 bits per heavy atom. The van der Waals surface area contributed by atoms with E-state index in [1.54, 1.807) is 6.20 Å². The molecule has 1 aromatic heterocycles. The SMILES string of the molecule is CC(C)CC(NC(=O)C(N)Cc1c[nH]c2ccccc12)C(=O)NC(CCC(=O)O)C(=O)NC(CO)C(=O)O. The van der Waals surface area contributed by atoms with Gasteiger partial charge in [-0.2, -0.15) is 0 Å². The minimum absolute atomic E-state index is 0.0482. The molecule has 2 rings (SSSR count). The third-order valence-corrected chi connectivity index (χ3v) is 5.87. The van der Waals surface area contributed by atoms with Gasteiger partial charge in [-0.05, 0) is 36.8 Å². The van der Waals surface area contributed by atoms with E-state index in [1.807, 2.05) is 38.1 Å². The zero-order valence-corrected chi connectivity index (χ0v) is 21.3. The molecule has 1 aromatic carbocycles. The first kappa shape index (κ1) is 30.3. The number of aliphatic carboxylic acids is 2. The number of carboxylic acids is 2. The standard InChI is InChI=1S/C25H35N5O8/c1-13(2)9-19(29-22(34)16(26)10-14-11-27-17-6-4-3-5-15(14)17)24(36)28-18(7-8-21(32)33)23(35)30-20(12-31)25(37)38/h3-6,11,13,16,18-20,27,31H,7-10,12,26H2,1-2H3,(H,28,36)(H,29,34)(H,30,35)(H,32,33)(H,37,38). The molecule has 13 heteroatoms. The Morgan fingerprint density at radius 1 is 0.921 bits per heavy atom. The topological polar surface area (TPSA) is 224 Å². The molecule has 0 saturated carbocycles. The molecule has 38 heavy (non-hydrogen) atoms. The lowest BCUT2D eigenvalue weighted by atomic mass is 10.0. The summed E-state index contributed by atoms with van der Waals surface area (Å²) in [5.74, 6) is -5.11. The Kier molecular flexibility index (Phi) is 11.2. The number of hydrogen-bond donors (Lipinski definition) is 8. The molecule has 3 amide bonds. The molecule has 0 bridgehead atoms. The molecular formula is C25H35N5O8. The molecule has 4 atom stereocenters. The van der Waals surface area contributed by atoms with Crippen LogP contribution in [0.1, 0.15) is 38.7 Å². The summed E-state index contributed by atoms with van der Waals surface area (Å²) in [5.41, 5.74) is 7.86. The van der Waals surface area contributed by atoms with Gasteiger partial charge in [0.1, 0.15) is 18.1 Å². The van der Waals surface area contributed by atoms with Gasteiger partial charge in [0.05, 0.1) is 12.6 Å². The van der Waals surface area contributed by atoms with Gasteiger partial charge < -0.3 is 42.0 Å². The summed E-state index contributed by atoms with van der Waals surface area (Å²) in [4.78, 5) is 64.0. The predicted octanol–water partition coefficient (Wildman–Crippen LogP) is -0.520. The van der Waals surface area contributed by atoms with E-state index in [2.05, 4.69) is 20.9 Å². The highest BCUT2D eigenvalue weighted by Crippen LogP contribution is 2.19. The average molecular weight is 534 g/mol. The number of hydrogen-bond acceptors (Lipinski definition) is 7. The molecule has 2 aromatic rings. The number of nitrogens with one attached hydrogen (secondary N) is 4. The molecule has 0 spiro atoms. The van der Waals surface area contributed by atoms with Gasteiger partial charge in [-0.25, -0.2) is 4.79 Å². The molecular weight excluding hydrogens is 498 g/mol. The fraction of sp³-hybridized carbons (Fsp3) is 0.480. The number of aromatic amines is 1. The van der Waals surface area contributed by atoms with Gasteiger partial charge in [0, 0.05) is 23.5 Å². The number of rotatable bonds is 15. The van der Waals surface area contributed by atoms with Crippen molar-refractivity contribution in [3.05, 3.63) is 36.0 Å². The summed E-state index contributed by atoms with van der Waals surface area (Å²) in [7, 11) is 0. The lowest BCUT2D eigenvalue weighted by Crippen LogP contribution is -2.57. The number of H-pyrrole nitrogens is 1. The number of aliphatic hydroxyl groups excluding tert-OH is 1. The summed E-state index contributed by atoms with van der Waals surface area (Å²) < 4.78 is 0. The van der Waals surface area contributed by atoms with Crippen molar-refractivity contribution in [1.82, 2.24) is 20.9 Å². The van der Waals surface area contributed by atoms with E-state index < -0.39 is 66.9 Å². The third-order valence-electron chi connectivity index (χ3n) is 5.87. The van der Waals surface area contributed by atoms with Crippen molar-refractivity contribution in [3.63, 3.8) is 0 Å². The highest BCUT2D eigenvalue weighted by atomic mass is 16.4. The maximum atomic E-state index is 13.1. The third kappa shape index (κ3) is 8.85. The number of benzene rings is 1. The smallest absolute Gasteiger partial charge is 0.328 e. The van der Waals surface area contributed by atoms with Gasteiger partial charge in [0.15, 0.2) is 0 Å². The predicted molar refractivity (Wildman–Crippen MR) is 137 cm³/mol. The highest BCUT2D eigenvalue weighted by molar-refractivity contribution is 5.94. The first-order valence-corrected chi connectivity index (χ1v) is 12.2. The van der Waals surface area contributed by atoms with Crippen LogP contribution in [0.15, 0.2) is 30.5 Å². The summed E-state index contributed by atoms with van der Waals surface area (Å²) in [5, 5.41) is 35.3. The van der Waals surface area contributed by atoms with Crippen LogP contribution < -0.4 is 21.7 Å². The summed E-state index contributed by atoms with van der Waals surface area (Å²) in [6, 6.07) is 2.40. The maximum Gasteiger partial charge on any atom is 0.328 e. The van der Waals surface area contributed by atoms with Crippen molar-refractivity contribution >= 4 is 40.6 Å². The van der Waals surface area contributed by atoms with Crippen LogP contribution in [0.2, 0.25) is 0 Å². The second kappa shape index (κ2) is 14.1. The van der Waals surface area contributed by atoms with E-state index in [0.717, 1.165) is 16.5 Å². The molecule has 0 aliphatic rings. The molecule has 0 radical (unpaired) electrons. The van der Waals surface area contributed by atoms with E-state index >= 15 is 0 Å². The van der Waals surface area contributed by atoms with Crippen LogP contribution in [0.5, 0.6) is 0 Å². The number of para-hydroxylation sites is 1. The zero-order valence-electron chi connectivity index (χ0n) is 21.3.